The smallest absolute Gasteiger partial charge is 0.306 e. The maximum Gasteiger partial charge on any atom is 0.306 e. The molecule has 0 amide bonds. The van der Waals surface area contributed by atoms with Gasteiger partial charge in [0.2, 0.25) is 0 Å². The highest BCUT2D eigenvalue weighted by atomic mass is 16.6. The van der Waals surface area contributed by atoms with Crippen molar-refractivity contribution < 1.29 is 28.6 Å². The highest BCUT2D eigenvalue weighted by Crippen LogP contribution is 2.16. The average molecular weight is 1040 g/mol. The summed E-state index contributed by atoms with van der Waals surface area (Å²) in [6, 6.07) is 0. The molecular formula is C69H118O6. The first kappa shape index (κ1) is 71.3. The molecule has 0 aliphatic heterocycles. The Bertz CT molecular complexity index is 1480. The third kappa shape index (κ3) is 61.1. The molecule has 0 bridgehead atoms. The Morgan fingerprint density at radius 3 is 0.827 bits per heavy atom. The molecule has 0 aromatic carbocycles. The predicted octanol–water partition coefficient (Wildman–Crippen LogP) is 21.7. The Hall–Kier alpha value is -3.67. The zero-order valence-electron chi connectivity index (χ0n) is 49.3. The van der Waals surface area contributed by atoms with Gasteiger partial charge in [-0.3, -0.25) is 14.4 Å². The molecule has 0 N–H and O–H groups in total. The van der Waals surface area contributed by atoms with Crippen molar-refractivity contribution in [2.75, 3.05) is 13.2 Å². The minimum Gasteiger partial charge on any atom is -0.462 e. The van der Waals surface area contributed by atoms with Crippen LogP contribution in [0.25, 0.3) is 0 Å². The summed E-state index contributed by atoms with van der Waals surface area (Å²) in [5.41, 5.74) is 0. The van der Waals surface area contributed by atoms with Gasteiger partial charge in [-0.1, -0.05) is 266 Å². The lowest BCUT2D eigenvalue weighted by Crippen LogP contribution is -2.30. The predicted molar refractivity (Wildman–Crippen MR) is 325 cm³/mol. The van der Waals surface area contributed by atoms with Gasteiger partial charge in [0.15, 0.2) is 6.10 Å². The first-order valence-corrected chi connectivity index (χ1v) is 31.7. The van der Waals surface area contributed by atoms with Crippen LogP contribution in [0.15, 0.2) is 97.2 Å². The average Bonchev–Trinajstić information content (AvgIpc) is 3.41. The molecule has 6 nitrogen and oxygen atoms in total. The van der Waals surface area contributed by atoms with E-state index < -0.39 is 6.10 Å². The Kier molecular flexibility index (Phi) is 59.8. The highest BCUT2D eigenvalue weighted by molar-refractivity contribution is 5.71. The fraction of sp³-hybridized carbons (Fsp3) is 0.725. The Labute approximate surface area is 464 Å². The number of hydrogen-bond donors (Lipinski definition) is 0. The summed E-state index contributed by atoms with van der Waals surface area (Å²) < 4.78 is 16.9. The maximum atomic E-state index is 12.9. The van der Waals surface area contributed by atoms with Crippen LogP contribution in [0.5, 0.6) is 0 Å². The van der Waals surface area contributed by atoms with Gasteiger partial charge in [-0.25, -0.2) is 0 Å². The number of allylic oxidation sites excluding steroid dienone is 16. The number of unbranched alkanes of at least 4 members (excludes halogenated alkanes) is 30. The molecule has 75 heavy (non-hydrogen) atoms. The van der Waals surface area contributed by atoms with Gasteiger partial charge in [-0.2, -0.15) is 0 Å². The molecule has 0 rings (SSSR count). The number of carbonyl (C=O) groups is 3. The quantitative estimate of drug-likeness (QED) is 0.0261. The van der Waals surface area contributed by atoms with Gasteiger partial charge in [-0.15, -0.1) is 0 Å². The van der Waals surface area contributed by atoms with Gasteiger partial charge in [0, 0.05) is 19.3 Å². The number of hydrogen-bond acceptors (Lipinski definition) is 6. The molecule has 1 unspecified atom stereocenters. The zero-order valence-corrected chi connectivity index (χ0v) is 49.3. The van der Waals surface area contributed by atoms with E-state index in [2.05, 4.69) is 118 Å². The van der Waals surface area contributed by atoms with Crippen molar-refractivity contribution in [2.45, 2.75) is 309 Å². The fourth-order valence-electron chi connectivity index (χ4n) is 8.86. The van der Waals surface area contributed by atoms with E-state index in [4.69, 9.17) is 14.2 Å². The molecule has 0 aromatic heterocycles. The lowest BCUT2D eigenvalue weighted by Gasteiger charge is -2.18. The molecule has 0 fully saturated rings. The van der Waals surface area contributed by atoms with Crippen LogP contribution in [0.4, 0.5) is 0 Å². The second kappa shape index (κ2) is 62.9. The van der Waals surface area contributed by atoms with E-state index >= 15 is 0 Å². The van der Waals surface area contributed by atoms with Gasteiger partial charge >= 0.3 is 17.9 Å². The van der Waals surface area contributed by atoms with Gasteiger partial charge in [-0.05, 0) is 116 Å². The van der Waals surface area contributed by atoms with Crippen molar-refractivity contribution in [1.29, 1.82) is 0 Å². The van der Waals surface area contributed by atoms with Crippen LogP contribution in [0.2, 0.25) is 0 Å². The molecule has 0 radical (unpaired) electrons. The van der Waals surface area contributed by atoms with Crippen molar-refractivity contribution >= 4 is 17.9 Å². The van der Waals surface area contributed by atoms with Crippen molar-refractivity contribution in [1.82, 2.24) is 0 Å². The molecule has 0 spiro atoms. The monoisotopic (exact) mass is 1040 g/mol. The van der Waals surface area contributed by atoms with E-state index in [1.807, 2.05) is 0 Å². The lowest BCUT2D eigenvalue weighted by atomic mass is 10.0. The van der Waals surface area contributed by atoms with Crippen molar-refractivity contribution in [3.05, 3.63) is 97.2 Å². The number of carbonyl (C=O) groups excluding carboxylic acids is 3. The Morgan fingerprint density at radius 2 is 0.520 bits per heavy atom. The van der Waals surface area contributed by atoms with E-state index in [9.17, 15) is 14.4 Å². The highest BCUT2D eigenvalue weighted by Gasteiger charge is 2.19. The molecule has 430 valence electrons. The summed E-state index contributed by atoms with van der Waals surface area (Å²) in [4.78, 5) is 38.3. The Morgan fingerprint density at radius 1 is 0.280 bits per heavy atom. The van der Waals surface area contributed by atoms with Crippen molar-refractivity contribution in [3.63, 3.8) is 0 Å². The van der Waals surface area contributed by atoms with E-state index in [0.717, 1.165) is 116 Å². The van der Waals surface area contributed by atoms with Crippen molar-refractivity contribution in [2.24, 2.45) is 0 Å². The topological polar surface area (TPSA) is 78.9 Å². The third-order valence-corrected chi connectivity index (χ3v) is 13.6. The van der Waals surface area contributed by atoms with Crippen LogP contribution in [-0.4, -0.2) is 37.2 Å². The van der Waals surface area contributed by atoms with Gasteiger partial charge in [0.1, 0.15) is 13.2 Å². The number of esters is 3. The van der Waals surface area contributed by atoms with Crippen LogP contribution in [0, 0.1) is 0 Å². The van der Waals surface area contributed by atoms with Crippen LogP contribution in [-0.2, 0) is 28.6 Å². The summed E-state index contributed by atoms with van der Waals surface area (Å²) in [5, 5.41) is 0. The second-order valence-electron chi connectivity index (χ2n) is 20.9. The van der Waals surface area contributed by atoms with Gasteiger partial charge in [0.25, 0.3) is 0 Å². The maximum absolute atomic E-state index is 12.9. The summed E-state index contributed by atoms with van der Waals surface area (Å²) in [5.74, 6) is -0.893. The molecule has 6 heteroatoms. The van der Waals surface area contributed by atoms with Gasteiger partial charge < -0.3 is 14.2 Å². The lowest BCUT2D eigenvalue weighted by molar-refractivity contribution is -0.167. The first-order valence-electron chi connectivity index (χ1n) is 31.7. The first-order chi connectivity index (χ1) is 37.0. The summed E-state index contributed by atoms with van der Waals surface area (Å²) in [6.07, 6.45) is 84.1. The Balaban J connectivity index is 4.28. The van der Waals surface area contributed by atoms with Crippen LogP contribution >= 0.6 is 0 Å². The summed E-state index contributed by atoms with van der Waals surface area (Å²) in [6.45, 7) is 6.41. The molecule has 0 saturated carbocycles. The summed E-state index contributed by atoms with van der Waals surface area (Å²) in [7, 11) is 0. The minimum atomic E-state index is -0.787. The molecule has 0 saturated heterocycles. The van der Waals surface area contributed by atoms with E-state index in [1.165, 1.54) is 148 Å². The minimum absolute atomic E-state index is 0.0831. The largest absolute Gasteiger partial charge is 0.462 e. The standard InChI is InChI=1S/C69H118O6/c1-4-7-10-13-16-19-22-25-27-29-30-31-32-33-34-35-36-37-38-40-41-44-47-50-53-56-59-62-68(71)74-65-66(64-73-67(70)61-58-55-52-49-46-43-24-21-18-15-12-9-6-3)75-69(72)63-60-57-54-51-48-45-42-39-28-26-23-20-17-14-11-8-5-2/h7-8,10-11,16-17,19-21,24-28,30-31,66H,4-6,9,12-15,18,22-23,29,32-65H2,1-3H3/b10-7-,11-8-,19-16-,20-17-,24-21-,27-25-,28-26-,31-30-. The molecule has 0 aromatic rings. The number of rotatable bonds is 57. The fourth-order valence-corrected chi connectivity index (χ4v) is 8.86. The zero-order chi connectivity index (χ0) is 54.3. The third-order valence-electron chi connectivity index (χ3n) is 13.6. The normalized spacial score (nSPS) is 12.7. The SMILES string of the molecule is CC/C=C\C/C=C\C/C=C\C/C=C\CCCCCCCCCCCCCCCCC(=O)OCC(COC(=O)CCCCCCC/C=C\CCCCCC)OC(=O)CCCCCCCCC/C=C\C/C=C\C/C=C\CC. The molecular weight excluding hydrogens is 925 g/mol. The van der Waals surface area contributed by atoms with E-state index in [0.29, 0.717) is 19.3 Å². The van der Waals surface area contributed by atoms with Gasteiger partial charge in [0.05, 0.1) is 0 Å². The van der Waals surface area contributed by atoms with E-state index in [1.54, 1.807) is 0 Å². The number of ether oxygens (including phenoxy) is 3. The summed E-state index contributed by atoms with van der Waals surface area (Å²) >= 11 is 0. The van der Waals surface area contributed by atoms with Crippen LogP contribution in [0.1, 0.15) is 303 Å². The van der Waals surface area contributed by atoms with Crippen LogP contribution in [0.3, 0.4) is 0 Å². The molecule has 0 aliphatic carbocycles. The van der Waals surface area contributed by atoms with E-state index in [-0.39, 0.29) is 31.1 Å². The molecule has 0 aliphatic rings. The van der Waals surface area contributed by atoms with Crippen LogP contribution < -0.4 is 0 Å². The second-order valence-corrected chi connectivity index (χ2v) is 20.9. The molecule has 1 atom stereocenters. The van der Waals surface area contributed by atoms with Crippen molar-refractivity contribution in [3.8, 4) is 0 Å². The molecule has 0 heterocycles.